The van der Waals surface area contributed by atoms with E-state index in [1.807, 2.05) is 25.7 Å². The van der Waals surface area contributed by atoms with Gasteiger partial charge in [-0.1, -0.05) is 20.8 Å². The van der Waals surface area contributed by atoms with Crippen LogP contribution in [0, 0.1) is 23.2 Å². The highest BCUT2D eigenvalue weighted by atomic mass is 16.5. The highest BCUT2D eigenvalue weighted by molar-refractivity contribution is 5.63. The number of aliphatic hydroxyl groups is 1. The average molecular weight is 275 g/mol. The first-order valence-electron chi connectivity index (χ1n) is 6.84. The van der Waals surface area contributed by atoms with Crippen LogP contribution in [0.2, 0.25) is 0 Å². The van der Waals surface area contributed by atoms with Gasteiger partial charge in [0.15, 0.2) is 0 Å². The molecule has 108 valence electrons. The number of nitriles is 1. The molecule has 0 bridgehead atoms. The van der Waals surface area contributed by atoms with Crippen molar-refractivity contribution in [2.75, 3.05) is 25.1 Å². The van der Waals surface area contributed by atoms with E-state index < -0.39 is 5.60 Å². The summed E-state index contributed by atoms with van der Waals surface area (Å²) in [4.78, 5) is 6.11. The molecule has 1 N–H and O–H groups in total. The van der Waals surface area contributed by atoms with E-state index in [1.54, 1.807) is 12.3 Å². The van der Waals surface area contributed by atoms with Gasteiger partial charge < -0.3 is 14.7 Å². The summed E-state index contributed by atoms with van der Waals surface area (Å²) in [6.07, 6.45) is 1.63. The molecule has 0 aromatic carbocycles. The lowest BCUT2D eigenvalue weighted by Gasteiger charge is -2.31. The molecule has 0 unspecified atom stereocenters. The van der Waals surface area contributed by atoms with Crippen LogP contribution in [0.5, 0.6) is 5.88 Å². The van der Waals surface area contributed by atoms with Gasteiger partial charge in [-0.3, -0.25) is 0 Å². The Morgan fingerprint density at radius 2 is 2.30 bits per heavy atom. The van der Waals surface area contributed by atoms with Gasteiger partial charge in [0.2, 0.25) is 5.88 Å². The maximum atomic E-state index is 10.8. The van der Waals surface area contributed by atoms with Crippen molar-refractivity contribution >= 4 is 5.69 Å². The Hall–Kier alpha value is -1.80. The van der Waals surface area contributed by atoms with Crippen molar-refractivity contribution in [3.8, 4) is 11.9 Å². The zero-order chi connectivity index (χ0) is 14.9. The summed E-state index contributed by atoms with van der Waals surface area (Å²) in [7, 11) is 1.50. The standard InChI is InChI=1S/C15H21N3O2/c1-10(2)15(19)9-18(8-11(15)3)13-5-6-17-14(20-4)12(13)7-16/h5-6,10-11,19H,8-9H2,1-4H3/t11-,15-/m0/s1. The summed E-state index contributed by atoms with van der Waals surface area (Å²) < 4.78 is 5.14. The number of pyridine rings is 1. The van der Waals surface area contributed by atoms with Crippen molar-refractivity contribution in [3.63, 3.8) is 0 Å². The zero-order valence-electron chi connectivity index (χ0n) is 12.4. The smallest absolute Gasteiger partial charge is 0.233 e. The fourth-order valence-electron chi connectivity index (χ4n) is 2.91. The molecule has 20 heavy (non-hydrogen) atoms. The van der Waals surface area contributed by atoms with Crippen LogP contribution in [0.15, 0.2) is 12.3 Å². The summed E-state index contributed by atoms with van der Waals surface area (Å²) in [6.45, 7) is 7.34. The molecular formula is C15H21N3O2. The molecule has 1 saturated heterocycles. The SMILES string of the molecule is COc1nccc(N2C[C@H](C)[C@@](O)(C(C)C)C2)c1C#N. The van der Waals surface area contributed by atoms with E-state index >= 15 is 0 Å². The van der Waals surface area contributed by atoms with Gasteiger partial charge in [-0.25, -0.2) is 4.98 Å². The number of methoxy groups -OCH3 is 1. The minimum absolute atomic E-state index is 0.146. The predicted octanol–water partition coefficient (Wildman–Crippen LogP) is 1.81. The Labute approximate surface area is 119 Å². The zero-order valence-corrected chi connectivity index (χ0v) is 12.4. The highest BCUT2D eigenvalue weighted by Gasteiger charge is 2.45. The summed E-state index contributed by atoms with van der Waals surface area (Å²) in [6, 6.07) is 3.96. The lowest BCUT2D eigenvalue weighted by atomic mass is 9.82. The molecule has 1 aliphatic rings. The van der Waals surface area contributed by atoms with E-state index in [0.717, 1.165) is 12.2 Å². The third-order valence-corrected chi connectivity index (χ3v) is 4.33. The number of rotatable bonds is 3. The van der Waals surface area contributed by atoms with Gasteiger partial charge in [-0.2, -0.15) is 5.26 Å². The van der Waals surface area contributed by atoms with Crippen molar-refractivity contribution in [1.82, 2.24) is 4.98 Å². The second kappa shape index (κ2) is 5.29. The van der Waals surface area contributed by atoms with E-state index in [0.29, 0.717) is 18.0 Å². The Kier molecular flexibility index (Phi) is 3.87. The molecule has 2 rings (SSSR count). The van der Waals surface area contributed by atoms with Gasteiger partial charge in [-0.15, -0.1) is 0 Å². The Balaban J connectivity index is 2.38. The fraction of sp³-hybridized carbons (Fsp3) is 0.600. The second-order valence-corrected chi connectivity index (χ2v) is 5.75. The minimum atomic E-state index is -0.733. The van der Waals surface area contributed by atoms with Crippen molar-refractivity contribution < 1.29 is 9.84 Å². The summed E-state index contributed by atoms with van der Waals surface area (Å²) in [5.74, 6) is 0.641. The molecule has 0 spiro atoms. The first-order valence-corrected chi connectivity index (χ1v) is 6.84. The van der Waals surface area contributed by atoms with Crippen LogP contribution >= 0.6 is 0 Å². The Morgan fingerprint density at radius 1 is 1.60 bits per heavy atom. The van der Waals surface area contributed by atoms with Gasteiger partial charge in [0.05, 0.1) is 18.4 Å². The quantitative estimate of drug-likeness (QED) is 0.911. The second-order valence-electron chi connectivity index (χ2n) is 5.75. The third kappa shape index (κ3) is 2.20. The molecule has 5 heteroatoms. The van der Waals surface area contributed by atoms with E-state index in [-0.39, 0.29) is 11.8 Å². The molecule has 1 aliphatic heterocycles. The number of β-amino-alcohol motifs (C(OH)–C–C–N with tert-alkyl or cyclic N) is 1. The molecule has 2 atom stereocenters. The van der Waals surface area contributed by atoms with Gasteiger partial charge in [-0.05, 0) is 12.0 Å². The molecule has 1 aromatic rings. The minimum Gasteiger partial charge on any atom is -0.480 e. The number of aromatic nitrogens is 1. The molecule has 5 nitrogen and oxygen atoms in total. The van der Waals surface area contributed by atoms with E-state index in [2.05, 4.69) is 11.1 Å². The van der Waals surface area contributed by atoms with Crippen molar-refractivity contribution in [2.45, 2.75) is 26.4 Å². The van der Waals surface area contributed by atoms with Gasteiger partial charge >= 0.3 is 0 Å². The van der Waals surface area contributed by atoms with Crippen LogP contribution in [-0.4, -0.2) is 35.9 Å². The molecule has 0 amide bonds. The van der Waals surface area contributed by atoms with E-state index in [9.17, 15) is 10.4 Å². The number of hydrogen-bond donors (Lipinski definition) is 1. The largest absolute Gasteiger partial charge is 0.480 e. The number of ether oxygens (including phenoxy) is 1. The van der Waals surface area contributed by atoms with Gasteiger partial charge in [0.25, 0.3) is 0 Å². The molecular weight excluding hydrogens is 254 g/mol. The van der Waals surface area contributed by atoms with Crippen LogP contribution in [0.25, 0.3) is 0 Å². The van der Waals surface area contributed by atoms with Crippen molar-refractivity contribution in [3.05, 3.63) is 17.8 Å². The lowest BCUT2D eigenvalue weighted by Crippen LogP contribution is -2.42. The third-order valence-electron chi connectivity index (χ3n) is 4.33. The van der Waals surface area contributed by atoms with Crippen molar-refractivity contribution in [1.29, 1.82) is 5.26 Å². The Bertz CT molecular complexity index is 538. The summed E-state index contributed by atoms with van der Waals surface area (Å²) in [5.41, 5.74) is 0.474. The first kappa shape index (κ1) is 14.6. The number of anilines is 1. The van der Waals surface area contributed by atoms with Crippen LogP contribution in [-0.2, 0) is 0 Å². The van der Waals surface area contributed by atoms with Gasteiger partial charge in [0, 0.05) is 25.2 Å². The van der Waals surface area contributed by atoms with E-state index in [4.69, 9.17) is 4.74 Å². The van der Waals surface area contributed by atoms with Crippen molar-refractivity contribution in [2.24, 2.45) is 11.8 Å². The molecule has 2 heterocycles. The maximum absolute atomic E-state index is 10.8. The summed E-state index contributed by atoms with van der Waals surface area (Å²) >= 11 is 0. The van der Waals surface area contributed by atoms with E-state index in [1.165, 1.54) is 7.11 Å². The van der Waals surface area contributed by atoms with Gasteiger partial charge in [0.1, 0.15) is 11.6 Å². The first-order chi connectivity index (χ1) is 9.43. The van der Waals surface area contributed by atoms with Crippen LogP contribution in [0.4, 0.5) is 5.69 Å². The van der Waals surface area contributed by atoms with Crippen LogP contribution in [0.3, 0.4) is 0 Å². The number of nitrogens with zero attached hydrogens (tertiary/aromatic N) is 3. The maximum Gasteiger partial charge on any atom is 0.233 e. The lowest BCUT2D eigenvalue weighted by molar-refractivity contribution is -0.0186. The van der Waals surface area contributed by atoms with Crippen LogP contribution in [0.1, 0.15) is 26.3 Å². The number of hydrogen-bond acceptors (Lipinski definition) is 5. The average Bonchev–Trinajstić information content (AvgIpc) is 2.75. The summed E-state index contributed by atoms with van der Waals surface area (Å²) in [5, 5.41) is 20.1. The highest BCUT2D eigenvalue weighted by Crippen LogP contribution is 2.38. The fourth-order valence-corrected chi connectivity index (χ4v) is 2.91. The topological polar surface area (TPSA) is 69.4 Å². The molecule has 0 radical (unpaired) electrons. The molecule has 1 fully saturated rings. The monoisotopic (exact) mass is 275 g/mol. The van der Waals surface area contributed by atoms with Crippen LogP contribution < -0.4 is 9.64 Å². The predicted molar refractivity (Wildman–Crippen MR) is 76.7 cm³/mol. The Morgan fingerprint density at radius 3 is 2.80 bits per heavy atom. The molecule has 0 saturated carbocycles. The molecule has 0 aliphatic carbocycles. The molecule has 1 aromatic heterocycles. The normalized spacial score (nSPS) is 25.9.